The van der Waals surface area contributed by atoms with Crippen molar-refractivity contribution in [3.63, 3.8) is 0 Å². The maximum atomic E-state index is 12.7. The molecule has 0 saturated heterocycles. The largest absolute Gasteiger partial charge is 0.324 e. The molecular weight excluding hydrogens is 451 g/mol. The number of nitrogens with one attached hydrogen (secondary N) is 3. The lowest BCUT2D eigenvalue weighted by atomic mass is 9.92. The Balaban J connectivity index is 1.73. The van der Waals surface area contributed by atoms with Crippen molar-refractivity contribution in [1.82, 2.24) is 19.7 Å². The van der Waals surface area contributed by atoms with Gasteiger partial charge in [-0.05, 0) is 30.3 Å². The first kappa shape index (κ1) is 21.9. The molecule has 2 aromatic heterocycles. The molecule has 2 amide bonds. The highest BCUT2D eigenvalue weighted by Gasteiger charge is 2.22. The standard InChI is InChI=1S/C22H20Cl2N6O2/c1-22(2,3)17-10-18(28-21(32)27-16-6-4-5-14(23)19(16)24)30(29-17)12-7-8-15-13(9-12)20(31)26-11-25-15/h4-11H,1-3H3,(H,25,26,31)(H2,27,28,32). The first-order valence-corrected chi connectivity index (χ1v) is 10.5. The average Bonchev–Trinajstić information content (AvgIpc) is 3.16. The van der Waals surface area contributed by atoms with Gasteiger partial charge in [0.05, 0.1) is 44.3 Å². The zero-order valence-electron chi connectivity index (χ0n) is 17.5. The van der Waals surface area contributed by atoms with Crippen molar-refractivity contribution in [1.29, 1.82) is 0 Å². The summed E-state index contributed by atoms with van der Waals surface area (Å²) < 4.78 is 1.58. The van der Waals surface area contributed by atoms with E-state index in [1.54, 1.807) is 47.1 Å². The van der Waals surface area contributed by atoms with E-state index in [1.807, 2.05) is 20.8 Å². The van der Waals surface area contributed by atoms with Crippen LogP contribution in [-0.2, 0) is 5.41 Å². The second kappa shape index (κ2) is 8.29. The van der Waals surface area contributed by atoms with E-state index in [1.165, 1.54) is 6.33 Å². The van der Waals surface area contributed by atoms with Crippen LogP contribution in [-0.4, -0.2) is 25.8 Å². The number of fused-ring (bicyclic) bond motifs is 1. The van der Waals surface area contributed by atoms with Gasteiger partial charge in [0.15, 0.2) is 0 Å². The molecule has 0 spiro atoms. The fourth-order valence-corrected chi connectivity index (χ4v) is 3.44. The first-order valence-electron chi connectivity index (χ1n) is 9.74. The fourth-order valence-electron chi connectivity index (χ4n) is 3.09. The molecule has 0 radical (unpaired) electrons. The zero-order chi connectivity index (χ0) is 23.0. The molecule has 0 aliphatic carbocycles. The molecule has 0 unspecified atom stereocenters. The number of aromatic amines is 1. The molecule has 0 aliphatic heterocycles. The van der Waals surface area contributed by atoms with Gasteiger partial charge < -0.3 is 10.3 Å². The van der Waals surface area contributed by atoms with Crippen LogP contribution in [0.2, 0.25) is 10.0 Å². The minimum absolute atomic E-state index is 0.245. The monoisotopic (exact) mass is 470 g/mol. The van der Waals surface area contributed by atoms with Crippen molar-refractivity contribution in [2.75, 3.05) is 10.6 Å². The highest BCUT2D eigenvalue weighted by Crippen LogP contribution is 2.30. The number of carbonyl (C=O) groups excluding carboxylic acids is 1. The number of amides is 2. The number of hydrogen-bond acceptors (Lipinski definition) is 4. The number of halogens is 2. The predicted molar refractivity (Wildman–Crippen MR) is 127 cm³/mol. The summed E-state index contributed by atoms with van der Waals surface area (Å²) in [5.41, 5.74) is 1.76. The molecule has 164 valence electrons. The van der Waals surface area contributed by atoms with Crippen molar-refractivity contribution in [2.24, 2.45) is 0 Å². The number of anilines is 2. The van der Waals surface area contributed by atoms with Gasteiger partial charge in [-0.25, -0.2) is 14.5 Å². The molecule has 2 heterocycles. The van der Waals surface area contributed by atoms with E-state index >= 15 is 0 Å². The Morgan fingerprint density at radius 2 is 1.88 bits per heavy atom. The Kier molecular flexibility index (Phi) is 5.66. The summed E-state index contributed by atoms with van der Waals surface area (Å²) in [6.45, 7) is 6.05. The first-order chi connectivity index (χ1) is 15.1. The van der Waals surface area contributed by atoms with Gasteiger partial charge in [-0.2, -0.15) is 5.10 Å². The van der Waals surface area contributed by atoms with E-state index in [9.17, 15) is 9.59 Å². The summed E-state index contributed by atoms with van der Waals surface area (Å²) in [5.74, 6) is 0.422. The van der Waals surface area contributed by atoms with Gasteiger partial charge in [0.1, 0.15) is 5.82 Å². The molecule has 0 saturated carbocycles. The molecule has 10 heteroatoms. The Labute approximate surface area is 193 Å². The number of carbonyl (C=O) groups is 1. The highest BCUT2D eigenvalue weighted by atomic mass is 35.5. The third-order valence-corrected chi connectivity index (χ3v) is 5.61. The summed E-state index contributed by atoms with van der Waals surface area (Å²) in [6, 6.07) is 11.4. The molecule has 2 aromatic carbocycles. The van der Waals surface area contributed by atoms with Gasteiger partial charge in [0.25, 0.3) is 5.56 Å². The molecule has 4 aromatic rings. The number of benzene rings is 2. The molecular formula is C22H20Cl2N6O2. The number of rotatable bonds is 3. The van der Waals surface area contributed by atoms with E-state index in [2.05, 4.69) is 25.7 Å². The van der Waals surface area contributed by atoms with Gasteiger partial charge in [0.2, 0.25) is 0 Å². The van der Waals surface area contributed by atoms with Crippen molar-refractivity contribution in [3.8, 4) is 5.69 Å². The smallest absolute Gasteiger partial charge is 0.313 e. The second-order valence-corrected chi connectivity index (χ2v) is 8.98. The molecule has 0 atom stereocenters. The predicted octanol–water partition coefficient (Wildman–Crippen LogP) is 5.36. The minimum Gasteiger partial charge on any atom is -0.313 e. The summed E-state index contributed by atoms with van der Waals surface area (Å²) >= 11 is 12.2. The normalized spacial score (nSPS) is 11.5. The van der Waals surface area contributed by atoms with Crippen LogP contribution in [0.25, 0.3) is 16.6 Å². The zero-order valence-corrected chi connectivity index (χ0v) is 19.0. The molecule has 0 fully saturated rings. The number of H-pyrrole nitrogens is 1. The van der Waals surface area contributed by atoms with Crippen LogP contribution < -0.4 is 16.2 Å². The van der Waals surface area contributed by atoms with Crippen LogP contribution in [0.4, 0.5) is 16.3 Å². The molecule has 0 aliphatic rings. The Morgan fingerprint density at radius 3 is 2.62 bits per heavy atom. The molecule has 8 nitrogen and oxygen atoms in total. The summed E-state index contributed by atoms with van der Waals surface area (Å²) in [6.07, 6.45) is 1.36. The van der Waals surface area contributed by atoms with Crippen LogP contribution in [0, 0.1) is 0 Å². The van der Waals surface area contributed by atoms with Crippen molar-refractivity contribution in [2.45, 2.75) is 26.2 Å². The Bertz CT molecular complexity index is 1390. The SMILES string of the molecule is CC(C)(C)c1cc(NC(=O)Nc2cccc(Cl)c2Cl)n(-c2ccc3nc[nH]c(=O)c3c2)n1. The lowest BCUT2D eigenvalue weighted by Crippen LogP contribution is -2.21. The van der Waals surface area contributed by atoms with Gasteiger partial charge in [-0.1, -0.05) is 50.0 Å². The molecule has 4 rings (SSSR count). The number of hydrogen-bond donors (Lipinski definition) is 3. The molecule has 0 bridgehead atoms. The average molecular weight is 471 g/mol. The maximum absolute atomic E-state index is 12.7. The van der Waals surface area contributed by atoms with Crippen LogP contribution in [0.3, 0.4) is 0 Å². The van der Waals surface area contributed by atoms with Crippen LogP contribution in [0.15, 0.2) is 53.6 Å². The Morgan fingerprint density at radius 1 is 1.09 bits per heavy atom. The summed E-state index contributed by atoms with van der Waals surface area (Å²) in [7, 11) is 0. The van der Waals surface area contributed by atoms with Crippen molar-refractivity contribution < 1.29 is 4.79 Å². The minimum atomic E-state index is -0.518. The van der Waals surface area contributed by atoms with Gasteiger partial charge in [-0.15, -0.1) is 0 Å². The lowest BCUT2D eigenvalue weighted by molar-refractivity contribution is 0.262. The van der Waals surface area contributed by atoms with E-state index in [4.69, 9.17) is 23.2 Å². The third kappa shape index (κ3) is 4.32. The van der Waals surface area contributed by atoms with Gasteiger partial charge in [0, 0.05) is 11.5 Å². The third-order valence-electron chi connectivity index (χ3n) is 4.79. The second-order valence-electron chi connectivity index (χ2n) is 8.19. The number of nitrogens with zero attached hydrogens (tertiary/aromatic N) is 3. The van der Waals surface area contributed by atoms with Crippen molar-refractivity contribution >= 4 is 51.6 Å². The molecule has 3 N–H and O–H groups in total. The van der Waals surface area contributed by atoms with Crippen LogP contribution in [0.5, 0.6) is 0 Å². The lowest BCUT2D eigenvalue weighted by Gasteiger charge is -2.14. The van der Waals surface area contributed by atoms with Gasteiger partial charge in [-0.3, -0.25) is 10.1 Å². The highest BCUT2D eigenvalue weighted by molar-refractivity contribution is 6.44. The van der Waals surface area contributed by atoms with Gasteiger partial charge >= 0.3 is 6.03 Å². The van der Waals surface area contributed by atoms with E-state index < -0.39 is 6.03 Å². The van der Waals surface area contributed by atoms with E-state index in [0.717, 1.165) is 5.69 Å². The van der Waals surface area contributed by atoms with E-state index in [0.29, 0.717) is 33.1 Å². The summed E-state index contributed by atoms with van der Waals surface area (Å²) in [5, 5.41) is 11.2. The maximum Gasteiger partial charge on any atom is 0.324 e. The quantitative estimate of drug-likeness (QED) is 0.374. The summed E-state index contributed by atoms with van der Waals surface area (Å²) in [4.78, 5) is 31.7. The molecule has 32 heavy (non-hydrogen) atoms. The van der Waals surface area contributed by atoms with E-state index in [-0.39, 0.29) is 16.0 Å². The fraction of sp³-hybridized carbons (Fsp3) is 0.182. The van der Waals surface area contributed by atoms with Crippen molar-refractivity contribution in [3.05, 3.63) is 74.9 Å². The van der Waals surface area contributed by atoms with Crippen LogP contribution in [0.1, 0.15) is 26.5 Å². The Hall–Kier alpha value is -3.36. The number of aromatic nitrogens is 4. The van der Waals surface area contributed by atoms with Crippen LogP contribution >= 0.6 is 23.2 Å². The topological polar surface area (TPSA) is 105 Å². The number of urea groups is 1.